The maximum absolute atomic E-state index is 12.0. The van der Waals surface area contributed by atoms with E-state index in [1.807, 2.05) is 0 Å². The fourth-order valence-electron chi connectivity index (χ4n) is 2.35. The van der Waals surface area contributed by atoms with Crippen LogP contribution in [0.2, 0.25) is 10.0 Å². The zero-order valence-corrected chi connectivity index (χ0v) is 14.8. The summed E-state index contributed by atoms with van der Waals surface area (Å²) in [6.45, 7) is -0.475. The Labute approximate surface area is 158 Å². The standard InChI is InChI=1S/C18H13Cl2NO5/c19-13-2-1-3-14(20)18(13)21-16(23)9-26-17(24)6-10-8-25-15-7-11(22)4-5-12(10)15/h1-5,7-8,22H,6,9H2,(H,21,23). The van der Waals surface area contributed by atoms with Crippen LogP contribution in [-0.2, 0) is 20.7 Å². The van der Waals surface area contributed by atoms with Crippen molar-refractivity contribution in [2.45, 2.75) is 6.42 Å². The monoisotopic (exact) mass is 393 g/mol. The summed E-state index contributed by atoms with van der Waals surface area (Å²) in [5.74, 6) is -1.09. The summed E-state index contributed by atoms with van der Waals surface area (Å²) in [4.78, 5) is 23.9. The summed E-state index contributed by atoms with van der Waals surface area (Å²) >= 11 is 11.9. The van der Waals surface area contributed by atoms with Gasteiger partial charge in [-0.1, -0.05) is 29.3 Å². The Bertz CT molecular complexity index is 963. The molecule has 0 atom stereocenters. The van der Waals surface area contributed by atoms with Crippen LogP contribution >= 0.6 is 23.2 Å². The van der Waals surface area contributed by atoms with Gasteiger partial charge in [-0.2, -0.15) is 0 Å². The normalized spacial score (nSPS) is 10.7. The largest absolute Gasteiger partial charge is 0.508 e. The van der Waals surface area contributed by atoms with Gasteiger partial charge in [-0.05, 0) is 24.3 Å². The van der Waals surface area contributed by atoms with Crippen molar-refractivity contribution in [1.29, 1.82) is 0 Å². The lowest BCUT2D eigenvalue weighted by Gasteiger charge is -2.09. The van der Waals surface area contributed by atoms with Gasteiger partial charge in [0.25, 0.3) is 5.91 Å². The van der Waals surface area contributed by atoms with Gasteiger partial charge in [-0.15, -0.1) is 0 Å². The van der Waals surface area contributed by atoms with Gasteiger partial charge in [0.1, 0.15) is 11.3 Å². The maximum atomic E-state index is 12.0. The highest BCUT2D eigenvalue weighted by Crippen LogP contribution is 2.29. The van der Waals surface area contributed by atoms with Crippen LogP contribution < -0.4 is 5.32 Å². The van der Waals surface area contributed by atoms with Crippen LogP contribution in [0, 0.1) is 0 Å². The van der Waals surface area contributed by atoms with E-state index in [0.29, 0.717) is 16.5 Å². The van der Waals surface area contributed by atoms with Gasteiger partial charge in [-0.3, -0.25) is 9.59 Å². The summed E-state index contributed by atoms with van der Waals surface area (Å²) in [5, 5.41) is 13.2. The van der Waals surface area contributed by atoms with Crippen LogP contribution in [0.1, 0.15) is 5.56 Å². The summed E-state index contributed by atoms with van der Waals surface area (Å²) in [7, 11) is 0. The first-order chi connectivity index (χ1) is 12.4. The Morgan fingerprint density at radius 1 is 1.15 bits per heavy atom. The van der Waals surface area contributed by atoms with Gasteiger partial charge in [0, 0.05) is 17.0 Å². The van der Waals surface area contributed by atoms with Crippen molar-refractivity contribution in [2.75, 3.05) is 11.9 Å². The lowest BCUT2D eigenvalue weighted by molar-refractivity contribution is -0.146. The molecule has 0 saturated carbocycles. The third-order valence-corrected chi connectivity index (χ3v) is 4.20. The molecule has 26 heavy (non-hydrogen) atoms. The van der Waals surface area contributed by atoms with E-state index in [0.717, 1.165) is 0 Å². The van der Waals surface area contributed by atoms with E-state index in [1.165, 1.54) is 18.4 Å². The number of ether oxygens (including phenoxy) is 1. The molecule has 0 aliphatic carbocycles. The second-order valence-corrected chi connectivity index (χ2v) is 6.24. The molecule has 0 bridgehead atoms. The minimum Gasteiger partial charge on any atom is -0.508 e. The molecular weight excluding hydrogens is 381 g/mol. The number of hydrogen-bond acceptors (Lipinski definition) is 5. The van der Waals surface area contributed by atoms with Gasteiger partial charge >= 0.3 is 5.97 Å². The minimum absolute atomic E-state index is 0.0656. The molecule has 2 N–H and O–H groups in total. The predicted octanol–water partition coefficient (Wildman–Crippen LogP) is 4.17. The number of rotatable bonds is 5. The molecule has 0 unspecified atom stereocenters. The van der Waals surface area contributed by atoms with Crippen molar-refractivity contribution in [3.63, 3.8) is 0 Å². The van der Waals surface area contributed by atoms with E-state index in [2.05, 4.69) is 5.32 Å². The van der Waals surface area contributed by atoms with Gasteiger partial charge in [0.2, 0.25) is 0 Å². The second-order valence-electron chi connectivity index (χ2n) is 5.42. The zero-order valence-electron chi connectivity index (χ0n) is 13.3. The molecule has 3 rings (SSSR count). The Kier molecular flexibility index (Phi) is 5.35. The van der Waals surface area contributed by atoms with E-state index >= 15 is 0 Å². The minimum atomic E-state index is -0.596. The summed E-state index contributed by atoms with van der Waals surface area (Å²) < 4.78 is 10.3. The third kappa shape index (κ3) is 4.09. The summed E-state index contributed by atoms with van der Waals surface area (Å²) in [6, 6.07) is 9.39. The SMILES string of the molecule is O=C(COC(=O)Cc1coc2cc(O)ccc12)Nc1c(Cl)cccc1Cl. The molecule has 0 fully saturated rings. The first-order valence-electron chi connectivity index (χ1n) is 7.52. The van der Waals surface area contributed by atoms with Crippen LogP contribution in [0.25, 0.3) is 11.0 Å². The molecular formula is C18H13Cl2NO5. The summed E-state index contributed by atoms with van der Waals surface area (Å²) in [6.07, 6.45) is 1.34. The predicted molar refractivity (Wildman–Crippen MR) is 97.6 cm³/mol. The lowest BCUT2D eigenvalue weighted by Crippen LogP contribution is -2.22. The first-order valence-corrected chi connectivity index (χ1v) is 8.28. The number of phenolic OH excluding ortho intramolecular Hbond substituents is 1. The van der Waals surface area contributed by atoms with Crippen LogP contribution in [0.15, 0.2) is 47.1 Å². The number of furan rings is 1. The highest BCUT2D eigenvalue weighted by Gasteiger charge is 2.15. The highest BCUT2D eigenvalue weighted by molar-refractivity contribution is 6.39. The van der Waals surface area contributed by atoms with Crippen molar-refractivity contribution in [2.24, 2.45) is 0 Å². The number of nitrogens with one attached hydrogen (secondary N) is 1. The number of anilines is 1. The van der Waals surface area contributed by atoms with Gasteiger partial charge in [-0.25, -0.2) is 0 Å². The van der Waals surface area contributed by atoms with E-state index in [4.69, 9.17) is 32.4 Å². The molecule has 8 heteroatoms. The van der Waals surface area contributed by atoms with E-state index in [1.54, 1.807) is 24.3 Å². The molecule has 3 aromatic rings. The molecule has 1 heterocycles. The quantitative estimate of drug-likeness (QED) is 0.634. The van der Waals surface area contributed by atoms with Crippen molar-refractivity contribution in [3.05, 3.63) is 58.3 Å². The molecule has 0 radical (unpaired) electrons. The molecule has 0 aliphatic rings. The zero-order chi connectivity index (χ0) is 18.7. The number of halogens is 2. The molecule has 0 aliphatic heterocycles. The number of esters is 1. The molecule has 0 saturated heterocycles. The number of benzene rings is 2. The van der Waals surface area contributed by atoms with Crippen LogP contribution in [-0.4, -0.2) is 23.6 Å². The smallest absolute Gasteiger partial charge is 0.310 e. The number of fused-ring (bicyclic) bond motifs is 1. The number of para-hydroxylation sites is 1. The Morgan fingerprint density at radius 2 is 1.88 bits per heavy atom. The van der Waals surface area contributed by atoms with Crippen LogP contribution in [0.4, 0.5) is 5.69 Å². The Morgan fingerprint density at radius 3 is 2.62 bits per heavy atom. The van der Waals surface area contributed by atoms with Gasteiger partial charge < -0.3 is 19.6 Å². The fraction of sp³-hybridized carbons (Fsp3) is 0.111. The second kappa shape index (κ2) is 7.68. The number of carbonyl (C=O) groups excluding carboxylic acids is 2. The fourth-order valence-corrected chi connectivity index (χ4v) is 2.85. The maximum Gasteiger partial charge on any atom is 0.310 e. The number of phenols is 1. The number of aromatic hydroxyl groups is 1. The first kappa shape index (κ1) is 18.1. The van der Waals surface area contributed by atoms with E-state index < -0.39 is 18.5 Å². The number of amides is 1. The lowest BCUT2D eigenvalue weighted by atomic mass is 10.1. The number of carbonyl (C=O) groups is 2. The highest BCUT2D eigenvalue weighted by atomic mass is 35.5. The van der Waals surface area contributed by atoms with Gasteiger partial charge in [0.15, 0.2) is 6.61 Å². The number of hydrogen-bond donors (Lipinski definition) is 2. The van der Waals surface area contributed by atoms with Crippen LogP contribution in [0.5, 0.6) is 5.75 Å². The third-order valence-electron chi connectivity index (χ3n) is 3.57. The van der Waals surface area contributed by atoms with Crippen molar-refractivity contribution < 1.29 is 23.8 Å². The van der Waals surface area contributed by atoms with E-state index in [9.17, 15) is 14.7 Å². The molecule has 0 spiro atoms. The molecule has 1 amide bonds. The average molecular weight is 394 g/mol. The van der Waals surface area contributed by atoms with Gasteiger partial charge in [0.05, 0.1) is 28.4 Å². The Balaban J connectivity index is 1.57. The molecule has 134 valence electrons. The van der Waals surface area contributed by atoms with Crippen molar-refractivity contribution in [1.82, 2.24) is 0 Å². The Hall–Kier alpha value is -2.70. The molecule has 2 aromatic carbocycles. The molecule has 6 nitrogen and oxygen atoms in total. The summed E-state index contributed by atoms with van der Waals surface area (Å²) in [5.41, 5.74) is 1.32. The van der Waals surface area contributed by atoms with Crippen molar-refractivity contribution in [3.8, 4) is 5.75 Å². The average Bonchev–Trinajstić information content (AvgIpc) is 2.98. The molecule has 1 aromatic heterocycles. The van der Waals surface area contributed by atoms with Crippen molar-refractivity contribution >= 4 is 51.7 Å². The van der Waals surface area contributed by atoms with E-state index in [-0.39, 0.29) is 27.9 Å². The van der Waals surface area contributed by atoms with Crippen LogP contribution in [0.3, 0.4) is 0 Å². The topological polar surface area (TPSA) is 88.8 Å².